The molecule has 0 saturated carbocycles. The fourth-order valence-electron chi connectivity index (χ4n) is 2.77. The van der Waals surface area contributed by atoms with Gasteiger partial charge in [0, 0.05) is 25.0 Å². The standard InChI is InChI=1S/C20H27N3O/c1-4-11-23(12-5-2)20(24)17-13-18(15-21-14-17)22-19-10-8-7-9-16(19)6-3/h7-10,13-15,22H,4-6,11-12H2,1-3H3. The van der Waals surface area contributed by atoms with Crippen molar-refractivity contribution in [3.63, 3.8) is 0 Å². The lowest BCUT2D eigenvalue weighted by atomic mass is 10.1. The minimum atomic E-state index is 0.0543. The number of hydrogen-bond donors (Lipinski definition) is 1. The van der Waals surface area contributed by atoms with E-state index in [-0.39, 0.29) is 5.91 Å². The normalized spacial score (nSPS) is 10.5. The summed E-state index contributed by atoms with van der Waals surface area (Å²) in [5.41, 5.74) is 3.78. The van der Waals surface area contributed by atoms with Gasteiger partial charge in [-0.25, -0.2) is 0 Å². The Hall–Kier alpha value is -2.36. The van der Waals surface area contributed by atoms with Crippen LogP contribution >= 0.6 is 0 Å². The van der Waals surface area contributed by atoms with Crippen molar-refractivity contribution in [1.82, 2.24) is 9.88 Å². The first kappa shape index (κ1) is 18.0. The van der Waals surface area contributed by atoms with Crippen molar-refractivity contribution in [2.75, 3.05) is 18.4 Å². The van der Waals surface area contributed by atoms with E-state index in [1.54, 1.807) is 12.4 Å². The zero-order chi connectivity index (χ0) is 17.4. The van der Waals surface area contributed by atoms with E-state index < -0.39 is 0 Å². The maximum Gasteiger partial charge on any atom is 0.255 e. The van der Waals surface area contributed by atoms with Crippen LogP contribution < -0.4 is 5.32 Å². The summed E-state index contributed by atoms with van der Waals surface area (Å²) >= 11 is 0. The van der Waals surface area contributed by atoms with Gasteiger partial charge in [-0.1, -0.05) is 39.0 Å². The molecule has 0 aliphatic heterocycles. The van der Waals surface area contributed by atoms with Gasteiger partial charge < -0.3 is 10.2 Å². The van der Waals surface area contributed by atoms with E-state index in [4.69, 9.17) is 0 Å². The van der Waals surface area contributed by atoms with Crippen LogP contribution in [0.1, 0.15) is 49.5 Å². The Morgan fingerprint density at radius 1 is 1.08 bits per heavy atom. The van der Waals surface area contributed by atoms with E-state index in [1.165, 1.54) is 5.56 Å². The van der Waals surface area contributed by atoms with Crippen molar-refractivity contribution in [1.29, 1.82) is 0 Å². The molecule has 4 nitrogen and oxygen atoms in total. The number of nitrogens with zero attached hydrogens (tertiary/aromatic N) is 2. The van der Waals surface area contributed by atoms with Gasteiger partial charge in [0.2, 0.25) is 0 Å². The van der Waals surface area contributed by atoms with Gasteiger partial charge in [0.1, 0.15) is 0 Å². The third-order valence-electron chi connectivity index (χ3n) is 3.94. The third kappa shape index (κ3) is 4.57. The minimum Gasteiger partial charge on any atom is -0.354 e. The van der Waals surface area contributed by atoms with Crippen LogP contribution in [0, 0.1) is 0 Å². The van der Waals surface area contributed by atoms with Gasteiger partial charge in [0.15, 0.2) is 0 Å². The lowest BCUT2D eigenvalue weighted by molar-refractivity contribution is 0.0755. The van der Waals surface area contributed by atoms with Crippen LogP contribution in [0.15, 0.2) is 42.7 Å². The molecule has 1 N–H and O–H groups in total. The molecule has 0 aliphatic rings. The molecule has 24 heavy (non-hydrogen) atoms. The SMILES string of the molecule is CCCN(CCC)C(=O)c1cncc(Nc2ccccc2CC)c1. The van der Waals surface area contributed by atoms with Crippen molar-refractivity contribution < 1.29 is 4.79 Å². The summed E-state index contributed by atoms with van der Waals surface area (Å²) in [6.07, 6.45) is 6.28. The molecule has 128 valence electrons. The van der Waals surface area contributed by atoms with Gasteiger partial charge in [-0.05, 0) is 37.0 Å². The minimum absolute atomic E-state index is 0.0543. The number of hydrogen-bond acceptors (Lipinski definition) is 3. The van der Waals surface area contributed by atoms with Crippen molar-refractivity contribution in [2.24, 2.45) is 0 Å². The Balaban J connectivity index is 2.20. The third-order valence-corrected chi connectivity index (χ3v) is 3.94. The van der Waals surface area contributed by atoms with Crippen LogP contribution in [0.2, 0.25) is 0 Å². The van der Waals surface area contributed by atoms with Gasteiger partial charge in [-0.15, -0.1) is 0 Å². The van der Waals surface area contributed by atoms with Crippen LogP contribution in [0.4, 0.5) is 11.4 Å². The highest BCUT2D eigenvalue weighted by atomic mass is 16.2. The number of amides is 1. The van der Waals surface area contributed by atoms with Crippen LogP contribution in [0.25, 0.3) is 0 Å². The molecule has 1 aromatic heterocycles. The predicted octanol–water partition coefficient (Wildman–Crippen LogP) is 4.65. The first-order valence-corrected chi connectivity index (χ1v) is 8.78. The Morgan fingerprint density at radius 3 is 2.46 bits per heavy atom. The fraction of sp³-hybridized carbons (Fsp3) is 0.400. The average Bonchev–Trinajstić information content (AvgIpc) is 2.61. The maximum absolute atomic E-state index is 12.7. The van der Waals surface area contributed by atoms with Gasteiger partial charge in [-0.2, -0.15) is 0 Å². The van der Waals surface area contributed by atoms with Crippen LogP contribution in [0.3, 0.4) is 0 Å². The molecule has 0 bridgehead atoms. The number of nitrogens with one attached hydrogen (secondary N) is 1. The molecule has 0 fully saturated rings. The van der Waals surface area contributed by atoms with Crippen LogP contribution in [0.5, 0.6) is 0 Å². The lowest BCUT2D eigenvalue weighted by Crippen LogP contribution is -2.32. The summed E-state index contributed by atoms with van der Waals surface area (Å²) in [7, 11) is 0. The summed E-state index contributed by atoms with van der Waals surface area (Å²) in [5, 5.41) is 3.39. The lowest BCUT2D eigenvalue weighted by Gasteiger charge is -2.21. The smallest absolute Gasteiger partial charge is 0.255 e. The monoisotopic (exact) mass is 325 g/mol. The maximum atomic E-state index is 12.7. The first-order valence-electron chi connectivity index (χ1n) is 8.78. The second-order valence-corrected chi connectivity index (χ2v) is 5.89. The van der Waals surface area contributed by atoms with Gasteiger partial charge >= 0.3 is 0 Å². The zero-order valence-corrected chi connectivity index (χ0v) is 14.9. The highest BCUT2D eigenvalue weighted by Crippen LogP contribution is 2.21. The summed E-state index contributed by atoms with van der Waals surface area (Å²) in [6, 6.07) is 10.1. The molecular formula is C20H27N3O. The number of para-hydroxylation sites is 1. The van der Waals surface area contributed by atoms with E-state index in [1.807, 2.05) is 29.2 Å². The zero-order valence-electron chi connectivity index (χ0n) is 14.9. The molecule has 1 heterocycles. The number of carbonyl (C=O) groups excluding carboxylic acids is 1. The molecule has 2 rings (SSSR count). The number of rotatable bonds is 8. The molecule has 4 heteroatoms. The number of pyridine rings is 1. The Bertz CT molecular complexity index is 663. The number of anilines is 2. The van der Waals surface area contributed by atoms with Crippen LogP contribution in [-0.4, -0.2) is 28.9 Å². The number of benzene rings is 1. The highest BCUT2D eigenvalue weighted by molar-refractivity contribution is 5.95. The van der Waals surface area contributed by atoms with E-state index >= 15 is 0 Å². The Labute approximate surface area is 144 Å². The molecule has 2 aromatic rings. The summed E-state index contributed by atoms with van der Waals surface area (Å²) < 4.78 is 0. The van der Waals surface area contributed by atoms with Crippen molar-refractivity contribution >= 4 is 17.3 Å². The summed E-state index contributed by atoms with van der Waals surface area (Å²) in [4.78, 5) is 18.9. The summed E-state index contributed by atoms with van der Waals surface area (Å²) in [5.74, 6) is 0.0543. The van der Waals surface area contributed by atoms with E-state index in [0.29, 0.717) is 5.56 Å². The number of aromatic nitrogens is 1. The summed E-state index contributed by atoms with van der Waals surface area (Å²) in [6.45, 7) is 7.87. The second kappa shape index (κ2) is 9.06. The topological polar surface area (TPSA) is 45.2 Å². The molecule has 0 saturated heterocycles. The highest BCUT2D eigenvalue weighted by Gasteiger charge is 2.15. The molecule has 0 aliphatic carbocycles. The molecule has 0 atom stereocenters. The van der Waals surface area contributed by atoms with Crippen LogP contribution in [-0.2, 0) is 6.42 Å². The van der Waals surface area contributed by atoms with E-state index in [0.717, 1.165) is 43.7 Å². The predicted molar refractivity (Wildman–Crippen MR) is 99.8 cm³/mol. The van der Waals surface area contributed by atoms with Gasteiger partial charge in [-0.3, -0.25) is 9.78 Å². The molecule has 0 radical (unpaired) electrons. The quantitative estimate of drug-likeness (QED) is 0.768. The molecule has 0 spiro atoms. The molecular weight excluding hydrogens is 298 g/mol. The molecule has 1 amide bonds. The van der Waals surface area contributed by atoms with E-state index in [9.17, 15) is 4.79 Å². The molecule has 1 aromatic carbocycles. The van der Waals surface area contributed by atoms with E-state index in [2.05, 4.69) is 37.1 Å². The average molecular weight is 325 g/mol. The fourth-order valence-corrected chi connectivity index (χ4v) is 2.77. The van der Waals surface area contributed by atoms with Crippen molar-refractivity contribution in [3.8, 4) is 0 Å². The Morgan fingerprint density at radius 2 is 1.79 bits per heavy atom. The largest absolute Gasteiger partial charge is 0.354 e. The van der Waals surface area contributed by atoms with Gasteiger partial charge in [0.05, 0.1) is 17.4 Å². The Kier molecular flexibility index (Phi) is 6.79. The first-order chi connectivity index (χ1) is 11.7. The number of carbonyl (C=O) groups is 1. The van der Waals surface area contributed by atoms with Gasteiger partial charge in [0.25, 0.3) is 5.91 Å². The second-order valence-electron chi connectivity index (χ2n) is 5.89. The van der Waals surface area contributed by atoms with Crippen molar-refractivity contribution in [3.05, 3.63) is 53.9 Å². The van der Waals surface area contributed by atoms with Crippen molar-refractivity contribution in [2.45, 2.75) is 40.0 Å². The molecule has 0 unspecified atom stereocenters. The number of aryl methyl sites for hydroxylation is 1.